The van der Waals surface area contributed by atoms with Crippen LogP contribution in [-0.4, -0.2) is 28.3 Å². The first-order valence-corrected chi connectivity index (χ1v) is 8.45. The van der Waals surface area contributed by atoms with Crippen molar-refractivity contribution in [2.75, 3.05) is 11.4 Å². The molecule has 120 valence electrons. The van der Waals surface area contributed by atoms with Gasteiger partial charge in [-0.2, -0.15) is 0 Å². The number of hydrogen-bond acceptors (Lipinski definition) is 5. The van der Waals surface area contributed by atoms with E-state index in [1.807, 2.05) is 24.4 Å². The van der Waals surface area contributed by atoms with Crippen LogP contribution in [0.5, 0.6) is 0 Å². The van der Waals surface area contributed by atoms with E-state index < -0.39 is 0 Å². The highest BCUT2D eigenvalue weighted by Crippen LogP contribution is 2.25. The van der Waals surface area contributed by atoms with Crippen molar-refractivity contribution in [2.45, 2.75) is 32.2 Å². The van der Waals surface area contributed by atoms with Crippen molar-refractivity contribution in [2.24, 2.45) is 0 Å². The quantitative estimate of drug-likeness (QED) is 0.911. The molecule has 1 atom stereocenters. The molecular weight excluding hydrogens is 312 g/mol. The van der Waals surface area contributed by atoms with Gasteiger partial charge in [0.2, 0.25) is 11.8 Å². The lowest BCUT2D eigenvalue weighted by Gasteiger charge is -2.13. The summed E-state index contributed by atoms with van der Waals surface area (Å²) in [6.45, 7) is 2.64. The lowest BCUT2D eigenvalue weighted by molar-refractivity contribution is -0.121. The fourth-order valence-corrected chi connectivity index (χ4v) is 3.39. The van der Waals surface area contributed by atoms with Crippen LogP contribution in [0.15, 0.2) is 29.9 Å². The van der Waals surface area contributed by atoms with Crippen molar-refractivity contribution in [1.82, 2.24) is 15.3 Å². The first-order chi connectivity index (χ1) is 11.1. The molecule has 3 rings (SSSR count). The molecule has 6 nitrogen and oxygen atoms in total. The highest BCUT2D eigenvalue weighted by Gasteiger charge is 2.24. The summed E-state index contributed by atoms with van der Waals surface area (Å²) in [5.74, 6) is 0.0199. The number of amides is 2. The molecule has 7 heteroatoms. The molecule has 0 bridgehead atoms. The summed E-state index contributed by atoms with van der Waals surface area (Å²) >= 11 is 1.41. The lowest BCUT2D eigenvalue weighted by Crippen LogP contribution is -2.28. The van der Waals surface area contributed by atoms with Crippen LogP contribution in [0.4, 0.5) is 5.13 Å². The van der Waals surface area contributed by atoms with Crippen molar-refractivity contribution in [3.8, 4) is 0 Å². The maximum atomic E-state index is 12.1. The second-order valence-corrected chi connectivity index (χ2v) is 6.36. The normalized spacial score (nSPS) is 15.7. The maximum Gasteiger partial charge on any atom is 0.228 e. The molecule has 1 saturated heterocycles. The SMILES string of the molecule is C[C@H](NC(=O)Cc1csc(N2CCCC2=O)n1)c1cccnc1. The summed E-state index contributed by atoms with van der Waals surface area (Å²) in [6, 6.07) is 3.67. The minimum atomic E-state index is -0.102. The van der Waals surface area contributed by atoms with Crippen molar-refractivity contribution in [3.05, 3.63) is 41.2 Å². The van der Waals surface area contributed by atoms with Crippen molar-refractivity contribution in [3.63, 3.8) is 0 Å². The summed E-state index contributed by atoms with van der Waals surface area (Å²) in [5.41, 5.74) is 1.66. The van der Waals surface area contributed by atoms with Crippen LogP contribution in [0, 0.1) is 0 Å². The van der Waals surface area contributed by atoms with E-state index in [2.05, 4.69) is 15.3 Å². The summed E-state index contributed by atoms with van der Waals surface area (Å²) in [5, 5.41) is 5.47. The predicted octanol–water partition coefficient (Wildman–Crippen LogP) is 2.08. The van der Waals surface area contributed by atoms with Crippen LogP contribution in [0.3, 0.4) is 0 Å². The Bertz CT molecular complexity index is 701. The number of anilines is 1. The number of hydrogen-bond donors (Lipinski definition) is 1. The average Bonchev–Trinajstić information content (AvgIpc) is 3.16. The van der Waals surface area contributed by atoms with Crippen LogP contribution in [-0.2, 0) is 16.0 Å². The van der Waals surface area contributed by atoms with E-state index in [1.54, 1.807) is 17.3 Å². The van der Waals surface area contributed by atoms with E-state index in [-0.39, 0.29) is 24.3 Å². The lowest BCUT2D eigenvalue weighted by atomic mass is 10.1. The molecule has 0 aliphatic carbocycles. The third-order valence-electron chi connectivity index (χ3n) is 3.75. The first-order valence-electron chi connectivity index (χ1n) is 7.57. The zero-order chi connectivity index (χ0) is 16.2. The van der Waals surface area contributed by atoms with Gasteiger partial charge in [0.15, 0.2) is 5.13 Å². The number of carbonyl (C=O) groups excluding carboxylic acids is 2. The van der Waals surface area contributed by atoms with Crippen molar-refractivity contribution >= 4 is 28.3 Å². The molecule has 0 aromatic carbocycles. The molecule has 1 aliphatic heterocycles. The molecule has 0 spiro atoms. The van der Waals surface area contributed by atoms with Gasteiger partial charge in [-0.05, 0) is 25.0 Å². The van der Waals surface area contributed by atoms with Crippen LogP contribution < -0.4 is 10.2 Å². The number of pyridine rings is 1. The summed E-state index contributed by atoms with van der Waals surface area (Å²) in [7, 11) is 0. The second kappa shape index (κ2) is 6.87. The first kappa shape index (κ1) is 15.6. The van der Waals surface area contributed by atoms with Gasteiger partial charge in [-0.15, -0.1) is 11.3 Å². The van der Waals surface area contributed by atoms with E-state index in [4.69, 9.17) is 0 Å². The molecule has 2 amide bonds. The van der Waals surface area contributed by atoms with Gasteiger partial charge in [-0.1, -0.05) is 6.07 Å². The van der Waals surface area contributed by atoms with Gasteiger partial charge in [-0.25, -0.2) is 4.98 Å². The summed E-state index contributed by atoms with van der Waals surface area (Å²) in [4.78, 5) is 34.0. The zero-order valence-corrected chi connectivity index (χ0v) is 13.7. The standard InChI is InChI=1S/C16H18N4O2S/c1-11(12-4-2-6-17-9-12)18-14(21)8-13-10-23-16(19-13)20-7-3-5-15(20)22/h2,4,6,9-11H,3,5,7-8H2,1H3,(H,18,21)/t11-/m0/s1. The Morgan fingerprint density at radius 1 is 1.52 bits per heavy atom. The van der Waals surface area contributed by atoms with Crippen molar-refractivity contribution < 1.29 is 9.59 Å². The van der Waals surface area contributed by atoms with Gasteiger partial charge in [-0.3, -0.25) is 19.5 Å². The minimum Gasteiger partial charge on any atom is -0.349 e. The van der Waals surface area contributed by atoms with E-state index in [1.165, 1.54) is 11.3 Å². The monoisotopic (exact) mass is 330 g/mol. The molecule has 0 unspecified atom stereocenters. The molecule has 1 N–H and O–H groups in total. The Morgan fingerprint density at radius 3 is 3.09 bits per heavy atom. The van der Waals surface area contributed by atoms with Gasteiger partial charge in [0.05, 0.1) is 18.2 Å². The Hall–Kier alpha value is -2.28. The molecule has 3 heterocycles. The van der Waals surface area contributed by atoms with Crippen molar-refractivity contribution in [1.29, 1.82) is 0 Å². The second-order valence-electron chi connectivity index (χ2n) is 5.52. The highest BCUT2D eigenvalue weighted by atomic mass is 32.1. The maximum absolute atomic E-state index is 12.1. The smallest absolute Gasteiger partial charge is 0.228 e. The number of nitrogens with zero attached hydrogens (tertiary/aromatic N) is 3. The Labute approximate surface area is 138 Å². The van der Waals surface area contributed by atoms with Crippen LogP contribution in [0.2, 0.25) is 0 Å². The molecule has 0 saturated carbocycles. The molecular formula is C16H18N4O2S. The topological polar surface area (TPSA) is 75.2 Å². The van der Waals surface area contributed by atoms with Crippen LogP contribution in [0.25, 0.3) is 0 Å². The van der Waals surface area contributed by atoms with Gasteiger partial charge < -0.3 is 5.32 Å². The van der Waals surface area contributed by atoms with Gasteiger partial charge >= 0.3 is 0 Å². The van der Waals surface area contributed by atoms with E-state index in [9.17, 15) is 9.59 Å². The van der Waals surface area contributed by atoms with E-state index in [0.717, 1.165) is 18.5 Å². The van der Waals surface area contributed by atoms with E-state index >= 15 is 0 Å². The Balaban J connectivity index is 1.58. The molecule has 23 heavy (non-hydrogen) atoms. The summed E-state index contributed by atoms with van der Waals surface area (Å²) < 4.78 is 0. The predicted molar refractivity (Wildman–Crippen MR) is 88.2 cm³/mol. The number of rotatable bonds is 5. The largest absolute Gasteiger partial charge is 0.349 e. The molecule has 0 radical (unpaired) electrons. The molecule has 2 aromatic heterocycles. The number of nitrogens with one attached hydrogen (secondary N) is 1. The number of thiazole rings is 1. The summed E-state index contributed by atoms with van der Waals surface area (Å²) in [6.07, 6.45) is 5.11. The Kier molecular flexibility index (Phi) is 4.66. The average molecular weight is 330 g/mol. The fourth-order valence-electron chi connectivity index (χ4n) is 2.52. The number of carbonyl (C=O) groups is 2. The third-order valence-corrected chi connectivity index (χ3v) is 4.66. The molecule has 2 aromatic rings. The fraction of sp³-hybridized carbons (Fsp3) is 0.375. The third kappa shape index (κ3) is 3.73. The molecule has 1 aliphatic rings. The zero-order valence-electron chi connectivity index (χ0n) is 12.9. The van der Waals surface area contributed by atoms with Gasteiger partial charge in [0.1, 0.15) is 0 Å². The Morgan fingerprint density at radius 2 is 2.39 bits per heavy atom. The number of aromatic nitrogens is 2. The van der Waals surface area contributed by atoms with Gasteiger partial charge in [0.25, 0.3) is 0 Å². The molecule has 1 fully saturated rings. The van der Waals surface area contributed by atoms with Gasteiger partial charge in [0, 0.05) is 30.7 Å². The van der Waals surface area contributed by atoms with Crippen LogP contribution in [0.1, 0.15) is 37.1 Å². The van der Waals surface area contributed by atoms with E-state index in [0.29, 0.717) is 17.2 Å². The highest BCUT2D eigenvalue weighted by molar-refractivity contribution is 7.14. The van der Waals surface area contributed by atoms with Crippen LogP contribution >= 0.6 is 11.3 Å². The minimum absolute atomic E-state index is 0.0917.